The molecule has 0 saturated carbocycles. The Balaban J connectivity index is 2.10. The highest BCUT2D eigenvalue weighted by Crippen LogP contribution is 2.13. The lowest BCUT2D eigenvalue weighted by Gasteiger charge is -2.13. The summed E-state index contributed by atoms with van der Waals surface area (Å²) >= 11 is 0. The summed E-state index contributed by atoms with van der Waals surface area (Å²) in [4.78, 5) is 29.7. The number of hydrazine groups is 1. The first-order valence-electron chi connectivity index (χ1n) is 5.09. The molecule has 0 bridgehead atoms. The van der Waals surface area contributed by atoms with Gasteiger partial charge in [-0.2, -0.15) is 0 Å². The van der Waals surface area contributed by atoms with E-state index < -0.39 is 0 Å². The first-order chi connectivity index (χ1) is 8.11. The van der Waals surface area contributed by atoms with Gasteiger partial charge >= 0.3 is 6.03 Å². The number of nitrogens with one attached hydrogen (secondary N) is 1. The van der Waals surface area contributed by atoms with Gasteiger partial charge in [-0.3, -0.25) is 9.69 Å². The van der Waals surface area contributed by atoms with Crippen molar-refractivity contribution in [3.8, 4) is 0 Å². The number of pyridine rings is 1. The zero-order valence-electron chi connectivity index (χ0n) is 9.38. The Labute approximate surface area is 98.2 Å². The Bertz CT molecular complexity index is 445. The van der Waals surface area contributed by atoms with E-state index in [1.165, 1.54) is 9.80 Å². The maximum absolute atomic E-state index is 11.6. The van der Waals surface area contributed by atoms with Gasteiger partial charge in [-0.1, -0.05) is 6.07 Å². The van der Waals surface area contributed by atoms with Crippen LogP contribution >= 0.6 is 0 Å². The maximum Gasteiger partial charge on any atom is 0.327 e. The standard InChI is InChI=1S/C10H13N5O2/c1-14-6-9(16)15(10(14)17)5-7-2-3-8(13-11)12-4-7/h2-4H,5-6,11H2,1H3,(H,12,13). The fraction of sp³-hybridized carbons (Fsp3) is 0.300. The quantitative estimate of drug-likeness (QED) is 0.428. The van der Waals surface area contributed by atoms with E-state index in [-0.39, 0.29) is 25.0 Å². The fourth-order valence-electron chi connectivity index (χ4n) is 1.61. The molecule has 2 rings (SSSR count). The first-order valence-corrected chi connectivity index (χ1v) is 5.09. The van der Waals surface area contributed by atoms with Gasteiger partial charge in [0.1, 0.15) is 12.4 Å². The van der Waals surface area contributed by atoms with Gasteiger partial charge in [0.15, 0.2) is 0 Å². The summed E-state index contributed by atoms with van der Waals surface area (Å²) in [7, 11) is 1.60. The molecule has 0 unspecified atom stereocenters. The van der Waals surface area contributed by atoms with Crippen LogP contribution in [0.5, 0.6) is 0 Å². The molecule has 1 aliphatic rings. The number of nitrogens with two attached hydrogens (primary N) is 1. The van der Waals surface area contributed by atoms with Gasteiger partial charge in [0, 0.05) is 13.2 Å². The predicted octanol–water partition coefficient (Wildman–Crippen LogP) is -0.239. The highest BCUT2D eigenvalue weighted by molar-refractivity contribution is 6.01. The Kier molecular flexibility index (Phi) is 2.92. The Morgan fingerprint density at radius 2 is 2.24 bits per heavy atom. The van der Waals surface area contributed by atoms with Gasteiger partial charge in [-0.25, -0.2) is 15.6 Å². The second-order valence-corrected chi connectivity index (χ2v) is 3.81. The molecule has 90 valence electrons. The zero-order valence-corrected chi connectivity index (χ0v) is 9.38. The van der Waals surface area contributed by atoms with Crippen molar-refractivity contribution in [2.45, 2.75) is 6.54 Å². The van der Waals surface area contributed by atoms with Crippen molar-refractivity contribution in [3.05, 3.63) is 23.9 Å². The zero-order chi connectivity index (χ0) is 12.4. The summed E-state index contributed by atoms with van der Waals surface area (Å²) in [6.45, 7) is 0.370. The lowest BCUT2D eigenvalue weighted by Crippen LogP contribution is -2.31. The number of amides is 3. The number of imide groups is 1. The summed E-state index contributed by atoms with van der Waals surface area (Å²) in [6.07, 6.45) is 1.58. The van der Waals surface area contributed by atoms with Crippen LogP contribution in [-0.4, -0.2) is 40.3 Å². The second-order valence-electron chi connectivity index (χ2n) is 3.81. The molecule has 0 spiro atoms. The van der Waals surface area contributed by atoms with E-state index in [4.69, 9.17) is 5.84 Å². The third kappa shape index (κ3) is 2.18. The van der Waals surface area contributed by atoms with E-state index in [2.05, 4.69) is 10.4 Å². The van der Waals surface area contributed by atoms with Crippen LogP contribution in [0.1, 0.15) is 5.56 Å². The molecule has 1 aromatic heterocycles. The number of hydrogen-bond acceptors (Lipinski definition) is 5. The van der Waals surface area contributed by atoms with E-state index in [1.807, 2.05) is 0 Å². The molecule has 3 amide bonds. The summed E-state index contributed by atoms with van der Waals surface area (Å²) in [5, 5.41) is 0. The number of likely N-dealkylation sites (N-methyl/N-ethyl adjacent to an activating group) is 1. The molecule has 1 saturated heterocycles. The average molecular weight is 235 g/mol. The van der Waals surface area contributed by atoms with Crippen LogP contribution in [0, 0.1) is 0 Å². The van der Waals surface area contributed by atoms with Crippen LogP contribution in [0.2, 0.25) is 0 Å². The molecular weight excluding hydrogens is 222 g/mol. The number of hydrogen-bond donors (Lipinski definition) is 2. The number of carbonyl (C=O) groups is 2. The average Bonchev–Trinajstić information content (AvgIpc) is 2.57. The fourth-order valence-corrected chi connectivity index (χ4v) is 1.61. The highest BCUT2D eigenvalue weighted by Gasteiger charge is 2.33. The molecule has 17 heavy (non-hydrogen) atoms. The van der Waals surface area contributed by atoms with Gasteiger partial charge in [-0.05, 0) is 11.6 Å². The summed E-state index contributed by atoms with van der Waals surface area (Å²) in [6, 6.07) is 3.17. The smallest absolute Gasteiger partial charge is 0.318 e. The van der Waals surface area contributed by atoms with Crippen LogP contribution in [0.4, 0.5) is 10.6 Å². The molecule has 0 atom stereocenters. The molecule has 1 fully saturated rings. The topological polar surface area (TPSA) is 91.6 Å². The maximum atomic E-state index is 11.6. The molecule has 0 radical (unpaired) electrons. The molecule has 3 N–H and O–H groups in total. The Hall–Kier alpha value is -2.15. The molecular formula is C10H13N5O2. The second kappa shape index (κ2) is 4.38. The van der Waals surface area contributed by atoms with Crippen molar-refractivity contribution in [1.29, 1.82) is 0 Å². The molecule has 7 heteroatoms. The summed E-state index contributed by atoms with van der Waals surface area (Å²) in [5.74, 6) is 5.52. The van der Waals surface area contributed by atoms with Crippen LogP contribution in [-0.2, 0) is 11.3 Å². The van der Waals surface area contributed by atoms with Crippen LogP contribution in [0.15, 0.2) is 18.3 Å². The van der Waals surface area contributed by atoms with Crippen molar-refractivity contribution in [2.75, 3.05) is 19.0 Å². The van der Waals surface area contributed by atoms with E-state index in [0.29, 0.717) is 5.82 Å². The number of rotatable bonds is 3. The van der Waals surface area contributed by atoms with Crippen LogP contribution in [0.3, 0.4) is 0 Å². The van der Waals surface area contributed by atoms with Crippen LogP contribution in [0.25, 0.3) is 0 Å². The minimum absolute atomic E-state index is 0.134. The monoisotopic (exact) mass is 235 g/mol. The van der Waals surface area contributed by atoms with E-state index in [1.54, 1.807) is 25.4 Å². The molecule has 0 aromatic carbocycles. The number of urea groups is 1. The van der Waals surface area contributed by atoms with Crippen molar-refractivity contribution in [1.82, 2.24) is 14.8 Å². The van der Waals surface area contributed by atoms with Crippen LogP contribution < -0.4 is 11.3 Å². The third-order valence-corrected chi connectivity index (χ3v) is 2.54. The first kappa shape index (κ1) is 11.3. The normalized spacial score (nSPS) is 15.6. The largest absolute Gasteiger partial charge is 0.327 e. The SMILES string of the molecule is CN1CC(=O)N(Cc2ccc(NN)nc2)C1=O. The van der Waals surface area contributed by atoms with Gasteiger partial charge in [-0.15, -0.1) is 0 Å². The number of aromatic nitrogens is 1. The lowest BCUT2D eigenvalue weighted by atomic mass is 10.2. The molecule has 1 aromatic rings. The third-order valence-electron chi connectivity index (χ3n) is 2.54. The molecule has 7 nitrogen and oxygen atoms in total. The lowest BCUT2D eigenvalue weighted by molar-refractivity contribution is -0.125. The summed E-state index contributed by atoms with van der Waals surface area (Å²) < 4.78 is 0. The number of nitrogens with zero attached hydrogens (tertiary/aromatic N) is 3. The Morgan fingerprint density at radius 1 is 1.47 bits per heavy atom. The van der Waals surface area contributed by atoms with E-state index in [9.17, 15) is 9.59 Å². The van der Waals surface area contributed by atoms with Crippen molar-refractivity contribution in [2.24, 2.45) is 5.84 Å². The van der Waals surface area contributed by atoms with Gasteiger partial charge in [0.2, 0.25) is 0 Å². The highest BCUT2D eigenvalue weighted by atomic mass is 16.2. The number of nitrogen functional groups attached to an aromatic ring is 1. The van der Waals surface area contributed by atoms with Gasteiger partial charge in [0.05, 0.1) is 6.54 Å². The number of carbonyl (C=O) groups excluding carboxylic acids is 2. The Morgan fingerprint density at radius 3 is 2.71 bits per heavy atom. The van der Waals surface area contributed by atoms with E-state index in [0.717, 1.165) is 5.56 Å². The molecule has 2 heterocycles. The van der Waals surface area contributed by atoms with E-state index >= 15 is 0 Å². The predicted molar refractivity (Wildman–Crippen MR) is 60.6 cm³/mol. The van der Waals surface area contributed by atoms with Gasteiger partial charge in [0.25, 0.3) is 5.91 Å². The minimum Gasteiger partial charge on any atom is -0.318 e. The minimum atomic E-state index is -0.281. The summed E-state index contributed by atoms with van der Waals surface area (Å²) in [5.41, 5.74) is 3.18. The van der Waals surface area contributed by atoms with Crippen molar-refractivity contribution < 1.29 is 9.59 Å². The van der Waals surface area contributed by atoms with Gasteiger partial charge < -0.3 is 10.3 Å². The van der Waals surface area contributed by atoms with Crippen molar-refractivity contribution in [3.63, 3.8) is 0 Å². The van der Waals surface area contributed by atoms with Crippen molar-refractivity contribution >= 4 is 17.8 Å². The molecule has 1 aliphatic heterocycles. The molecule has 0 aliphatic carbocycles. The number of anilines is 1.